The van der Waals surface area contributed by atoms with E-state index in [9.17, 15) is 14.0 Å². The summed E-state index contributed by atoms with van der Waals surface area (Å²) in [5, 5.41) is 17.2. The molecule has 2 rings (SSSR count). The molecule has 32 heavy (non-hydrogen) atoms. The molecule has 0 aliphatic carbocycles. The highest BCUT2D eigenvalue weighted by molar-refractivity contribution is 5.98. The molecule has 12 heteroatoms. The molecule has 2 amide bonds. The zero-order valence-electron chi connectivity index (χ0n) is 18.4. The predicted molar refractivity (Wildman–Crippen MR) is 116 cm³/mol. The molecule has 0 spiro atoms. The molecule has 0 saturated carbocycles. The number of nitrogens with two attached hydrogens (primary N) is 1. The van der Waals surface area contributed by atoms with Crippen LogP contribution in [0.3, 0.4) is 0 Å². The van der Waals surface area contributed by atoms with Crippen molar-refractivity contribution in [3.63, 3.8) is 0 Å². The Balaban J connectivity index is 2.47. The lowest BCUT2D eigenvalue weighted by Gasteiger charge is -2.29. The summed E-state index contributed by atoms with van der Waals surface area (Å²) in [6.07, 6.45) is -1.20. The van der Waals surface area contributed by atoms with E-state index >= 15 is 0 Å². The maximum absolute atomic E-state index is 14.8. The van der Waals surface area contributed by atoms with Gasteiger partial charge in [-0.05, 0) is 18.9 Å². The van der Waals surface area contributed by atoms with E-state index in [1.165, 1.54) is 26.4 Å². The van der Waals surface area contributed by atoms with Crippen LogP contribution in [-0.2, 0) is 0 Å². The largest absolute Gasteiger partial charge is 0.481 e. The lowest BCUT2D eigenvalue weighted by molar-refractivity contribution is 0.1000. The third kappa shape index (κ3) is 6.09. The number of hydrogen-bond acceptors (Lipinski definition) is 8. The monoisotopic (exact) mass is 450 g/mol. The molecule has 0 radical (unpaired) electrons. The number of rotatable bonds is 10. The van der Waals surface area contributed by atoms with Crippen molar-refractivity contribution in [1.29, 1.82) is 0 Å². The maximum atomic E-state index is 14.8. The number of ether oxygens (including phenoxy) is 2. The first-order valence-electron chi connectivity index (χ1n) is 9.69. The van der Waals surface area contributed by atoms with Crippen LogP contribution in [0.25, 0.3) is 0 Å². The zero-order valence-corrected chi connectivity index (χ0v) is 18.4. The number of nitrogens with one attached hydrogen (secondary N) is 3. The Morgan fingerprint density at radius 1 is 1.06 bits per heavy atom. The van der Waals surface area contributed by atoms with Gasteiger partial charge in [0, 0.05) is 24.2 Å². The minimum atomic E-state index is -1.20. The minimum Gasteiger partial charge on any atom is -0.481 e. The van der Waals surface area contributed by atoms with E-state index in [0.29, 0.717) is 5.69 Å². The summed E-state index contributed by atoms with van der Waals surface area (Å²) in [5.41, 5.74) is 5.63. The highest BCUT2D eigenvalue weighted by Gasteiger charge is 2.25. The SMILES string of the molecule is COc1cc(Nc2nc(N[C@@H](C(C)C)[C@H](C)NC(=O)O)c(F)cc2C(N)=O)cc(OC)n1. The Bertz CT molecular complexity index is 965. The first-order valence-corrected chi connectivity index (χ1v) is 9.69. The van der Waals surface area contributed by atoms with Gasteiger partial charge in [-0.1, -0.05) is 13.8 Å². The highest BCUT2D eigenvalue weighted by atomic mass is 19.1. The van der Waals surface area contributed by atoms with Crippen LogP contribution in [0.1, 0.15) is 31.1 Å². The standard InChI is InChI=1S/C20H27FN6O5/c1-9(2)16(10(3)23-20(29)30)26-19-13(21)8-12(17(22)28)18(27-19)24-11-6-14(31-4)25-15(7-11)32-5/h6-10,16,23H,1-5H3,(H2,22,28)(H,29,30)(H2,24,25,26,27)/t10-,16-/m0/s1. The predicted octanol–water partition coefficient (Wildman–Crippen LogP) is 2.57. The van der Waals surface area contributed by atoms with Crippen molar-refractivity contribution in [1.82, 2.24) is 15.3 Å². The van der Waals surface area contributed by atoms with Gasteiger partial charge in [-0.15, -0.1) is 0 Å². The van der Waals surface area contributed by atoms with E-state index in [1.54, 1.807) is 6.92 Å². The zero-order chi connectivity index (χ0) is 24.0. The number of halogens is 1. The van der Waals surface area contributed by atoms with Gasteiger partial charge >= 0.3 is 6.09 Å². The summed E-state index contributed by atoms with van der Waals surface area (Å²) in [4.78, 5) is 31.2. The van der Waals surface area contributed by atoms with Crippen LogP contribution in [0.15, 0.2) is 18.2 Å². The molecular formula is C20H27FN6O5. The molecule has 6 N–H and O–H groups in total. The molecule has 0 aliphatic rings. The van der Waals surface area contributed by atoms with Crippen molar-refractivity contribution in [3.8, 4) is 11.8 Å². The molecule has 0 aromatic carbocycles. The van der Waals surface area contributed by atoms with Gasteiger partial charge < -0.3 is 36.3 Å². The molecule has 2 atom stereocenters. The van der Waals surface area contributed by atoms with Crippen molar-refractivity contribution in [2.45, 2.75) is 32.9 Å². The van der Waals surface area contributed by atoms with Gasteiger partial charge in [-0.3, -0.25) is 4.79 Å². The van der Waals surface area contributed by atoms with Gasteiger partial charge in [0.15, 0.2) is 11.6 Å². The van der Waals surface area contributed by atoms with Crippen LogP contribution < -0.4 is 31.2 Å². The maximum Gasteiger partial charge on any atom is 0.404 e. The molecule has 0 bridgehead atoms. The van der Waals surface area contributed by atoms with E-state index in [1.807, 2.05) is 13.8 Å². The summed E-state index contributed by atoms with van der Waals surface area (Å²) >= 11 is 0. The van der Waals surface area contributed by atoms with Gasteiger partial charge in [-0.25, -0.2) is 14.2 Å². The highest BCUT2D eigenvalue weighted by Crippen LogP contribution is 2.28. The molecule has 0 saturated heterocycles. The fourth-order valence-electron chi connectivity index (χ4n) is 3.08. The normalized spacial score (nSPS) is 12.6. The average Bonchev–Trinajstić information content (AvgIpc) is 2.72. The molecule has 0 fully saturated rings. The summed E-state index contributed by atoms with van der Waals surface area (Å²) in [6, 6.07) is 2.96. The molecule has 0 aliphatic heterocycles. The molecule has 11 nitrogen and oxygen atoms in total. The van der Waals surface area contributed by atoms with Crippen LogP contribution in [0.5, 0.6) is 11.8 Å². The first kappa shape index (κ1) is 24.4. The number of carbonyl (C=O) groups is 2. The Kier molecular flexibility index (Phi) is 7.99. The van der Waals surface area contributed by atoms with E-state index in [2.05, 4.69) is 25.9 Å². The Morgan fingerprint density at radius 3 is 2.12 bits per heavy atom. The number of pyridine rings is 2. The van der Waals surface area contributed by atoms with Crippen LogP contribution in [0, 0.1) is 11.7 Å². The van der Waals surface area contributed by atoms with Gasteiger partial charge in [0.25, 0.3) is 5.91 Å². The van der Waals surface area contributed by atoms with Gasteiger partial charge in [-0.2, -0.15) is 4.98 Å². The topological polar surface area (TPSA) is 161 Å². The second kappa shape index (κ2) is 10.5. The van der Waals surface area contributed by atoms with Gasteiger partial charge in [0.2, 0.25) is 11.8 Å². The lowest BCUT2D eigenvalue weighted by Crippen LogP contribution is -2.47. The smallest absolute Gasteiger partial charge is 0.404 e. The van der Waals surface area contributed by atoms with E-state index in [0.717, 1.165) is 6.07 Å². The number of nitrogens with zero attached hydrogens (tertiary/aromatic N) is 2. The fraction of sp³-hybridized carbons (Fsp3) is 0.400. The van der Waals surface area contributed by atoms with Crippen LogP contribution >= 0.6 is 0 Å². The molecule has 2 heterocycles. The van der Waals surface area contributed by atoms with Crippen molar-refractivity contribution in [2.24, 2.45) is 11.7 Å². The number of primary amides is 1. The van der Waals surface area contributed by atoms with E-state index in [-0.39, 0.29) is 34.9 Å². The first-order chi connectivity index (χ1) is 15.0. The summed E-state index contributed by atoms with van der Waals surface area (Å²) in [5.74, 6) is -1.51. The summed E-state index contributed by atoms with van der Waals surface area (Å²) < 4.78 is 25.0. The number of methoxy groups -OCH3 is 2. The second-order valence-corrected chi connectivity index (χ2v) is 7.30. The minimum absolute atomic E-state index is 0.0157. The van der Waals surface area contributed by atoms with E-state index in [4.69, 9.17) is 20.3 Å². The third-order valence-electron chi connectivity index (χ3n) is 4.61. The van der Waals surface area contributed by atoms with Crippen molar-refractivity contribution < 1.29 is 28.6 Å². The third-order valence-corrected chi connectivity index (χ3v) is 4.61. The van der Waals surface area contributed by atoms with Gasteiger partial charge in [0.1, 0.15) is 5.82 Å². The number of amides is 2. The van der Waals surface area contributed by atoms with Crippen LogP contribution in [0.4, 0.5) is 26.5 Å². The molecule has 0 unspecified atom stereocenters. The van der Waals surface area contributed by atoms with Crippen molar-refractivity contribution in [2.75, 3.05) is 24.9 Å². The second-order valence-electron chi connectivity index (χ2n) is 7.30. The Morgan fingerprint density at radius 2 is 1.66 bits per heavy atom. The summed E-state index contributed by atoms with van der Waals surface area (Å²) in [6.45, 7) is 5.35. The molecule has 2 aromatic rings. The van der Waals surface area contributed by atoms with Gasteiger partial charge in [0.05, 0.1) is 25.5 Å². The Hall–Kier alpha value is -3.83. The average molecular weight is 450 g/mol. The molecule has 2 aromatic heterocycles. The lowest BCUT2D eigenvalue weighted by atomic mass is 9.97. The summed E-state index contributed by atoms with van der Waals surface area (Å²) in [7, 11) is 2.86. The molecular weight excluding hydrogens is 423 g/mol. The van der Waals surface area contributed by atoms with Crippen LogP contribution in [-0.4, -0.2) is 53.4 Å². The van der Waals surface area contributed by atoms with Crippen LogP contribution in [0.2, 0.25) is 0 Å². The number of carbonyl (C=O) groups excluding carboxylic acids is 1. The molecule has 174 valence electrons. The number of aromatic nitrogens is 2. The quantitative estimate of drug-likeness (QED) is 0.366. The number of hydrogen-bond donors (Lipinski definition) is 5. The van der Waals surface area contributed by atoms with Crippen molar-refractivity contribution in [3.05, 3.63) is 29.6 Å². The van der Waals surface area contributed by atoms with Crippen molar-refractivity contribution >= 4 is 29.3 Å². The number of anilines is 3. The Labute approximate surface area is 184 Å². The fourth-order valence-corrected chi connectivity index (χ4v) is 3.08. The van der Waals surface area contributed by atoms with E-state index < -0.39 is 29.9 Å². The number of carboxylic acid groups (broad SMARTS) is 1.